The van der Waals surface area contributed by atoms with Crippen LogP contribution in [0.3, 0.4) is 0 Å². The summed E-state index contributed by atoms with van der Waals surface area (Å²) in [6.45, 7) is 2.22. The normalized spacial score (nSPS) is 17.6. The maximum Gasteiger partial charge on any atom is 0.268 e. The topological polar surface area (TPSA) is 76.2 Å². The molecular weight excluding hydrogens is 464 g/mol. The highest BCUT2D eigenvalue weighted by Crippen LogP contribution is 2.43. The second-order valence-electron chi connectivity index (χ2n) is 8.92. The van der Waals surface area contributed by atoms with E-state index < -0.39 is 10.0 Å². The first-order valence-electron chi connectivity index (χ1n) is 11.7. The maximum absolute atomic E-state index is 13.7. The molecule has 8 heteroatoms. The summed E-state index contributed by atoms with van der Waals surface area (Å²) >= 11 is 0. The zero-order chi connectivity index (χ0) is 24.4. The van der Waals surface area contributed by atoms with Crippen LogP contribution < -0.4 is 13.8 Å². The van der Waals surface area contributed by atoms with Crippen LogP contribution in [-0.2, 0) is 10.0 Å². The molecule has 182 valence electrons. The predicted octanol–water partition coefficient (Wildman–Crippen LogP) is 4.59. The molecule has 1 fully saturated rings. The van der Waals surface area contributed by atoms with E-state index in [9.17, 15) is 13.2 Å². The van der Waals surface area contributed by atoms with E-state index in [1.165, 1.54) is 4.31 Å². The molecule has 0 radical (unpaired) electrons. The van der Waals surface area contributed by atoms with Crippen molar-refractivity contribution in [1.29, 1.82) is 0 Å². The molecular formula is C27H28N2O5S. The molecule has 7 nitrogen and oxygen atoms in total. The zero-order valence-electron chi connectivity index (χ0n) is 19.6. The number of nitrogens with zero attached hydrogens (tertiary/aromatic N) is 2. The summed E-state index contributed by atoms with van der Waals surface area (Å²) in [5, 5.41) is 0. The summed E-state index contributed by atoms with van der Waals surface area (Å²) in [5.41, 5.74) is 1.22. The van der Waals surface area contributed by atoms with Gasteiger partial charge in [0.2, 0.25) is 0 Å². The highest BCUT2D eigenvalue weighted by molar-refractivity contribution is 7.93. The number of carbonyl (C=O) groups is 1. The van der Waals surface area contributed by atoms with Gasteiger partial charge in [-0.15, -0.1) is 0 Å². The Morgan fingerprint density at radius 1 is 0.943 bits per heavy atom. The molecule has 1 saturated heterocycles. The quantitative estimate of drug-likeness (QED) is 0.469. The molecule has 0 amide bonds. The van der Waals surface area contributed by atoms with Crippen LogP contribution in [0.2, 0.25) is 0 Å². The highest BCUT2D eigenvalue weighted by atomic mass is 32.2. The minimum atomic E-state index is -3.78. The second-order valence-corrected chi connectivity index (χ2v) is 10.8. The summed E-state index contributed by atoms with van der Waals surface area (Å²) in [5.74, 6) is 1.85. The number of ether oxygens (including phenoxy) is 2. The number of piperidine rings is 1. The van der Waals surface area contributed by atoms with E-state index in [-0.39, 0.29) is 16.6 Å². The van der Waals surface area contributed by atoms with Gasteiger partial charge in [0, 0.05) is 12.1 Å². The number of rotatable bonds is 6. The summed E-state index contributed by atoms with van der Waals surface area (Å²) in [7, 11) is -2.18. The summed E-state index contributed by atoms with van der Waals surface area (Å²) < 4.78 is 40.0. The Bertz CT molecular complexity index is 1320. The van der Waals surface area contributed by atoms with Gasteiger partial charge >= 0.3 is 0 Å². The number of carbonyl (C=O) groups excluding carboxylic acids is 1. The van der Waals surface area contributed by atoms with Gasteiger partial charge in [-0.25, -0.2) is 8.42 Å². The van der Waals surface area contributed by atoms with Gasteiger partial charge in [-0.3, -0.25) is 14.0 Å². The van der Waals surface area contributed by atoms with E-state index in [2.05, 4.69) is 4.90 Å². The van der Waals surface area contributed by atoms with Crippen LogP contribution in [-0.4, -0.2) is 52.4 Å². The molecule has 0 atom stereocenters. The minimum Gasteiger partial charge on any atom is -0.497 e. The van der Waals surface area contributed by atoms with Gasteiger partial charge in [0.25, 0.3) is 10.0 Å². The molecule has 0 spiro atoms. The number of hydrogen-bond donors (Lipinski definition) is 0. The van der Waals surface area contributed by atoms with Crippen molar-refractivity contribution in [3.8, 4) is 17.2 Å². The number of fused-ring (bicyclic) bond motifs is 2. The summed E-state index contributed by atoms with van der Waals surface area (Å²) in [6.07, 6.45) is 1.62. The number of hydrogen-bond acceptors (Lipinski definition) is 6. The van der Waals surface area contributed by atoms with Gasteiger partial charge in [0.1, 0.15) is 16.4 Å². The maximum atomic E-state index is 13.7. The Morgan fingerprint density at radius 3 is 2.31 bits per heavy atom. The van der Waals surface area contributed by atoms with E-state index in [4.69, 9.17) is 9.47 Å². The average Bonchev–Trinajstić information content (AvgIpc) is 2.97. The molecule has 3 aromatic rings. The molecule has 0 aromatic heterocycles. The van der Waals surface area contributed by atoms with Gasteiger partial charge < -0.3 is 9.47 Å². The van der Waals surface area contributed by atoms with E-state index in [0.29, 0.717) is 35.8 Å². The number of likely N-dealkylation sites (tertiary alicyclic amines) is 1. The van der Waals surface area contributed by atoms with Gasteiger partial charge in [0.05, 0.1) is 19.3 Å². The molecule has 0 unspecified atom stereocenters. The summed E-state index contributed by atoms with van der Waals surface area (Å²) in [4.78, 5) is 15.0. The molecule has 2 aliphatic rings. The van der Waals surface area contributed by atoms with Crippen LogP contribution in [0.5, 0.6) is 17.2 Å². The van der Waals surface area contributed by atoms with Gasteiger partial charge in [-0.1, -0.05) is 24.3 Å². The monoisotopic (exact) mass is 492 g/mol. The minimum absolute atomic E-state index is 0.0730. The molecule has 2 heterocycles. The molecule has 0 saturated carbocycles. The van der Waals surface area contributed by atoms with Crippen LogP contribution in [0.4, 0.5) is 5.69 Å². The third-order valence-electron chi connectivity index (χ3n) is 6.68. The second kappa shape index (κ2) is 9.71. The lowest BCUT2D eigenvalue weighted by atomic mass is 9.96. The van der Waals surface area contributed by atoms with E-state index >= 15 is 0 Å². The van der Waals surface area contributed by atoms with Crippen LogP contribution >= 0.6 is 0 Å². The van der Waals surface area contributed by atoms with Crippen molar-refractivity contribution >= 4 is 21.5 Å². The molecule has 35 heavy (non-hydrogen) atoms. The Kier molecular flexibility index (Phi) is 6.49. The summed E-state index contributed by atoms with van der Waals surface area (Å²) in [6, 6.07) is 21.2. The predicted molar refractivity (Wildman–Crippen MR) is 134 cm³/mol. The highest BCUT2D eigenvalue weighted by Gasteiger charge is 2.35. The number of anilines is 1. The Hall–Kier alpha value is -3.36. The first-order valence-corrected chi connectivity index (χ1v) is 13.2. The first kappa shape index (κ1) is 23.4. The largest absolute Gasteiger partial charge is 0.497 e. The van der Waals surface area contributed by atoms with Crippen molar-refractivity contribution in [2.75, 3.05) is 37.6 Å². The standard InChI is InChI=1S/C27H28N2O5S/c1-33-22-12-10-21(11-13-22)24(30)19-28-16-14-20(15-17-28)18-29-23-6-2-3-7-25(23)34-26-8-4-5-9-27(26)35(29,31)32/h2-13,20H,14-19H2,1H3. The Labute approximate surface area is 205 Å². The molecule has 0 N–H and O–H groups in total. The van der Waals surface area contributed by atoms with Crippen molar-refractivity contribution in [2.45, 2.75) is 17.7 Å². The Balaban J connectivity index is 1.28. The van der Waals surface area contributed by atoms with Crippen molar-refractivity contribution in [3.05, 3.63) is 78.4 Å². The fourth-order valence-corrected chi connectivity index (χ4v) is 6.36. The lowest BCUT2D eigenvalue weighted by Gasteiger charge is -2.34. The first-order chi connectivity index (χ1) is 17.0. The van der Waals surface area contributed by atoms with Gasteiger partial charge in [-0.05, 0) is 80.4 Å². The van der Waals surface area contributed by atoms with Crippen LogP contribution in [0.25, 0.3) is 0 Å². The molecule has 2 aliphatic heterocycles. The fraction of sp³-hybridized carbons (Fsp3) is 0.296. The lowest BCUT2D eigenvalue weighted by molar-refractivity contribution is 0.0898. The number of para-hydroxylation sites is 3. The molecule has 0 aliphatic carbocycles. The van der Waals surface area contributed by atoms with E-state index in [1.807, 2.05) is 12.1 Å². The fourth-order valence-electron chi connectivity index (χ4n) is 4.69. The van der Waals surface area contributed by atoms with Crippen LogP contribution in [0.1, 0.15) is 23.2 Å². The van der Waals surface area contributed by atoms with Crippen molar-refractivity contribution in [2.24, 2.45) is 5.92 Å². The number of benzene rings is 3. The average molecular weight is 493 g/mol. The number of ketones is 1. The smallest absolute Gasteiger partial charge is 0.268 e. The van der Waals surface area contributed by atoms with E-state index in [0.717, 1.165) is 31.7 Å². The SMILES string of the molecule is COc1ccc(C(=O)CN2CCC(CN3c4ccccc4Oc4ccccc4S3(=O)=O)CC2)cc1. The van der Waals surface area contributed by atoms with Gasteiger partial charge in [0.15, 0.2) is 11.5 Å². The Morgan fingerprint density at radius 2 is 1.60 bits per heavy atom. The number of methoxy groups -OCH3 is 1. The van der Waals surface area contributed by atoms with E-state index in [1.54, 1.807) is 67.8 Å². The van der Waals surface area contributed by atoms with Crippen molar-refractivity contribution in [3.63, 3.8) is 0 Å². The third-order valence-corrected chi connectivity index (χ3v) is 8.50. The zero-order valence-corrected chi connectivity index (χ0v) is 20.4. The number of sulfonamides is 1. The van der Waals surface area contributed by atoms with Crippen molar-refractivity contribution < 1.29 is 22.7 Å². The van der Waals surface area contributed by atoms with Crippen LogP contribution in [0, 0.1) is 5.92 Å². The van der Waals surface area contributed by atoms with Gasteiger partial charge in [-0.2, -0.15) is 0 Å². The number of Topliss-reactive ketones (excluding diaryl/α,β-unsaturated/α-hetero) is 1. The van der Waals surface area contributed by atoms with Crippen molar-refractivity contribution in [1.82, 2.24) is 4.90 Å². The lowest BCUT2D eigenvalue weighted by Crippen LogP contribution is -2.42. The molecule has 5 rings (SSSR count). The van der Waals surface area contributed by atoms with Crippen LogP contribution in [0.15, 0.2) is 77.7 Å². The molecule has 3 aromatic carbocycles. The third kappa shape index (κ3) is 4.76. The molecule has 0 bridgehead atoms.